The van der Waals surface area contributed by atoms with Gasteiger partial charge in [-0.25, -0.2) is 0 Å². The molecule has 3 N–H and O–H groups in total. The fraction of sp³-hybridized carbons (Fsp3) is 0.882. The molecule has 0 fully saturated rings. The number of aliphatic hydroxyl groups excluding tert-OH is 2. The second kappa shape index (κ2) is 47.0. The number of hydrogen-bond donors (Lipinski definition) is 3. The molecular formula is C51H97NO5. The van der Waals surface area contributed by atoms with Crippen molar-refractivity contribution in [1.29, 1.82) is 0 Å². The van der Waals surface area contributed by atoms with E-state index in [-0.39, 0.29) is 18.5 Å². The number of unbranched alkanes of at least 4 members (excludes halogenated alkanes) is 33. The van der Waals surface area contributed by atoms with Crippen LogP contribution in [0.2, 0.25) is 0 Å². The average molecular weight is 804 g/mol. The van der Waals surface area contributed by atoms with Gasteiger partial charge in [-0.15, -0.1) is 0 Å². The monoisotopic (exact) mass is 804 g/mol. The lowest BCUT2D eigenvalue weighted by Gasteiger charge is -2.20. The van der Waals surface area contributed by atoms with Crippen LogP contribution in [0.15, 0.2) is 24.3 Å². The Bertz CT molecular complexity index is 889. The summed E-state index contributed by atoms with van der Waals surface area (Å²) in [6.07, 6.45) is 54.5. The maximum Gasteiger partial charge on any atom is 0.305 e. The van der Waals surface area contributed by atoms with Gasteiger partial charge in [0.05, 0.1) is 25.4 Å². The molecule has 0 aliphatic rings. The molecule has 2 unspecified atom stereocenters. The van der Waals surface area contributed by atoms with Crippen LogP contribution < -0.4 is 5.32 Å². The molecule has 6 heteroatoms. The summed E-state index contributed by atoms with van der Waals surface area (Å²) in [5.74, 6) is -0.120. The topological polar surface area (TPSA) is 95.9 Å². The highest BCUT2D eigenvalue weighted by Gasteiger charge is 2.18. The zero-order valence-corrected chi connectivity index (χ0v) is 38.1. The number of rotatable bonds is 46. The van der Waals surface area contributed by atoms with Gasteiger partial charge in [-0.3, -0.25) is 9.59 Å². The van der Waals surface area contributed by atoms with Gasteiger partial charge in [0, 0.05) is 12.8 Å². The van der Waals surface area contributed by atoms with Crippen LogP contribution in [-0.2, 0) is 14.3 Å². The Morgan fingerprint density at radius 2 is 0.825 bits per heavy atom. The Kier molecular flexibility index (Phi) is 45.7. The maximum atomic E-state index is 12.4. The molecular weight excluding hydrogens is 707 g/mol. The van der Waals surface area contributed by atoms with E-state index in [1.54, 1.807) is 6.08 Å². The highest BCUT2D eigenvalue weighted by Crippen LogP contribution is 2.15. The number of ether oxygens (including phenoxy) is 1. The number of allylic oxidation sites excluding steroid dienone is 3. The van der Waals surface area contributed by atoms with Crippen molar-refractivity contribution in [2.75, 3.05) is 13.2 Å². The van der Waals surface area contributed by atoms with Gasteiger partial charge in [0.1, 0.15) is 0 Å². The molecule has 0 spiro atoms. The maximum absolute atomic E-state index is 12.4. The summed E-state index contributed by atoms with van der Waals surface area (Å²) in [4.78, 5) is 24.4. The number of carbonyl (C=O) groups is 2. The SMILES string of the molecule is CCCCCCC/C=C\CCCCCCCC(=O)OCCCCCCCCCCCCC(=O)NC(CO)C(O)/C=C/CCCCCCCCCCCCCCCC. The quantitative estimate of drug-likeness (QED) is 0.0324. The summed E-state index contributed by atoms with van der Waals surface area (Å²) >= 11 is 0. The molecule has 1 amide bonds. The minimum Gasteiger partial charge on any atom is -0.466 e. The molecule has 0 aliphatic heterocycles. The van der Waals surface area contributed by atoms with E-state index in [1.165, 1.54) is 180 Å². The summed E-state index contributed by atoms with van der Waals surface area (Å²) in [6.45, 7) is 4.84. The van der Waals surface area contributed by atoms with Crippen molar-refractivity contribution in [1.82, 2.24) is 5.32 Å². The lowest BCUT2D eigenvalue weighted by Crippen LogP contribution is -2.45. The van der Waals surface area contributed by atoms with Crippen LogP contribution in [0.3, 0.4) is 0 Å². The van der Waals surface area contributed by atoms with E-state index in [9.17, 15) is 19.8 Å². The standard InChI is InChI=1S/C51H97NO5/c1-3-5-7-9-11-13-15-17-19-20-21-23-27-31-35-39-43-49(54)48(47-53)52-50(55)44-40-36-32-28-25-26-30-34-38-42-46-57-51(56)45-41-37-33-29-24-22-18-16-14-12-10-8-6-4-2/h16,18,39,43,48-49,53-54H,3-15,17,19-38,40-42,44-47H2,1-2H3,(H,52,55)/b18-16-,43-39+. The van der Waals surface area contributed by atoms with Crippen LogP contribution >= 0.6 is 0 Å². The van der Waals surface area contributed by atoms with E-state index in [4.69, 9.17) is 4.74 Å². The number of esters is 1. The molecule has 0 radical (unpaired) electrons. The summed E-state index contributed by atoms with van der Waals surface area (Å²) in [5.41, 5.74) is 0. The Morgan fingerprint density at radius 1 is 0.474 bits per heavy atom. The van der Waals surface area contributed by atoms with Gasteiger partial charge in [0.2, 0.25) is 5.91 Å². The second-order valence-corrected chi connectivity index (χ2v) is 17.1. The fourth-order valence-corrected chi connectivity index (χ4v) is 7.57. The predicted molar refractivity (Wildman–Crippen MR) is 246 cm³/mol. The van der Waals surface area contributed by atoms with Gasteiger partial charge < -0.3 is 20.3 Å². The molecule has 0 heterocycles. The lowest BCUT2D eigenvalue weighted by atomic mass is 10.0. The first-order valence-electron chi connectivity index (χ1n) is 25.1. The van der Waals surface area contributed by atoms with Crippen molar-refractivity contribution < 1.29 is 24.5 Å². The molecule has 6 nitrogen and oxygen atoms in total. The van der Waals surface area contributed by atoms with Gasteiger partial charge >= 0.3 is 5.97 Å². The van der Waals surface area contributed by atoms with Gasteiger partial charge in [-0.2, -0.15) is 0 Å². The number of aliphatic hydroxyl groups is 2. The first-order chi connectivity index (χ1) is 28.0. The van der Waals surface area contributed by atoms with Gasteiger partial charge in [-0.05, 0) is 57.8 Å². The summed E-state index contributed by atoms with van der Waals surface area (Å²) in [7, 11) is 0. The zero-order chi connectivity index (χ0) is 41.5. The number of hydrogen-bond acceptors (Lipinski definition) is 5. The van der Waals surface area contributed by atoms with Crippen molar-refractivity contribution in [3.05, 3.63) is 24.3 Å². The van der Waals surface area contributed by atoms with Crippen molar-refractivity contribution in [2.24, 2.45) is 0 Å². The van der Waals surface area contributed by atoms with E-state index in [2.05, 4.69) is 31.3 Å². The Hall–Kier alpha value is -1.66. The minimum atomic E-state index is -0.859. The van der Waals surface area contributed by atoms with Crippen molar-refractivity contribution in [3.63, 3.8) is 0 Å². The van der Waals surface area contributed by atoms with E-state index in [0.29, 0.717) is 19.4 Å². The molecule has 2 atom stereocenters. The van der Waals surface area contributed by atoms with Crippen molar-refractivity contribution >= 4 is 11.9 Å². The van der Waals surface area contributed by atoms with Gasteiger partial charge in [-0.1, -0.05) is 218 Å². The molecule has 0 aromatic rings. The van der Waals surface area contributed by atoms with Crippen molar-refractivity contribution in [3.8, 4) is 0 Å². The van der Waals surface area contributed by atoms with Crippen LogP contribution in [-0.4, -0.2) is 47.4 Å². The fourth-order valence-electron chi connectivity index (χ4n) is 7.57. The number of carbonyl (C=O) groups excluding carboxylic acids is 2. The normalized spacial score (nSPS) is 12.8. The van der Waals surface area contributed by atoms with E-state index < -0.39 is 12.1 Å². The minimum absolute atomic E-state index is 0.0296. The summed E-state index contributed by atoms with van der Waals surface area (Å²) in [5, 5.41) is 23.0. The molecule has 0 saturated carbocycles. The van der Waals surface area contributed by atoms with Crippen LogP contribution in [0.5, 0.6) is 0 Å². The van der Waals surface area contributed by atoms with Gasteiger partial charge in [0.25, 0.3) is 0 Å². The first-order valence-corrected chi connectivity index (χ1v) is 25.1. The average Bonchev–Trinajstić information content (AvgIpc) is 3.21. The molecule has 0 bridgehead atoms. The predicted octanol–water partition coefficient (Wildman–Crippen LogP) is 14.7. The second-order valence-electron chi connectivity index (χ2n) is 17.1. The molecule has 0 saturated heterocycles. The van der Waals surface area contributed by atoms with E-state index >= 15 is 0 Å². The van der Waals surface area contributed by atoms with E-state index in [0.717, 1.165) is 57.8 Å². The molecule has 336 valence electrons. The van der Waals surface area contributed by atoms with Gasteiger partial charge in [0.15, 0.2) is 0 Å². The molecule has 0 rings (SSSR count). The molecule has 0 aromatic carbocycles. The van der Waals surface area contributed by atoms with Crippen LogP contribution in [0, 0.1) is 0 Å². The summed E-state index contributed by atoms with van der Waals surface area (Å²) in [6, 6.07) is -0.644. The lowest BCUT2D eigenvalue weighted by molar-refractivity contribution is -0.143. The number of amides is 1. The smallest absolute Gasteiger partial charge is 0.305 e. The highest BCUT2D eigenvalue weighted by molar-refractivity contribution is 5.76. The van der Waals surface area contributed by atoms with Crippen LogP contribution in [0.4, 0.5) is 0 Å². The molecule has 0 aromatic heterocycles. The molecule has 57 heavy (non-hydrogen) atoms. The largest absolute Gasteiger partial charge is 0.466 e. The Balaban J connectivity index is 3.53. The highest BCUT2D eigenvalue weighted by atomic mass is 16.5. The third-order valence-electron chi connectivity index (χ3n) is 11.5. The third-order valence-corrected chi connectivity index (χ3v) is 11.5. The third kappa shape index (κ3) is 43.7. The van der Waals surface area contributed by atoms with Crippen LogP contribution in [0.25, 0.3) is 0 Å². The summed E-state index contributed by atoms with van der Waals surface area (Å²) < 4.78 is 5.44. The molecule has 0 aliphatic carbocycles. The van der Waals surface area contributed by atoms with Crippen LogP contribution in [0.1, 0.15) is 264 Å². The Labute approximate surface area is 354 Å². The Morgan fingerprint density at radius 3 is 1.25 bits per heavy atom. The zero-order valence-electron chi connectivity index (χ0n) is 38.1. The van der Waals surface area contributed by atoms with Crippen molar-refractivity contribution in [2.45, 2.75) is 276 Å². The first kappa shape index (κ1) is 55.3. The number of nitrogens with one attached hydrogen (secondary N) is 1. The van der Waals surface area contributed by atoms with E-state index in [1.807, 2.05) is 6.08 Å².